The Labute approximate surface area is 233 Å². The Hall–Kier alpha value is -0.630. The summed E-state index contributed by atoms with van der Waals surface area (Å²) in [6.45, 7) is 19.1. The first kappa shape index (κ1) is 32.4. The van der Waals surface area contributed by atoms with Gasteiger partial charge >= 0.3 is 39.3 Å². The van der Waals surface area contributed by atoms with Gasteiger partial charge in [0, 0.05) is 6.61 Å². The molecule has 2 rings (SSSR count). The fraction of sp³-hybridized carbons (Fsp3) is 0.481. The molecule has 2 aromatic carbocycles. The van der Waals surface area contributed by atoms with Crippen molar-refractivity contribution in [1.82, 2.24) is 0 Å². The van der Waals surface area contributed by atoms with Gasteiger partial charge in [-0.05, 0) is 89.4 Å². The van der Waals surface area contributed by atoms with E-state index in [1.54, 1.807) is 0 Å². The number of hydrogen-bond donors (Lipinski definition) is 0. The van der Waals surface area contributed by atoms with E-state index in [2.05, 4.69) is 119 Å². The Bertz CT molecular complexity index is 951. The molecule has 0 amide bonds. The Morgan fingerprint density at radius 3 is 1.71 bits per heavy atom. The number of aliphatic imine (C=N–C) groups is 2. The van der Waals surface area contributed by atoms with E-state index in [9.17, 15) is 0 Å². The molecule has 0 heterocycles. The van der Waals surface area contributed by atoms with Crippen LogP contribution < -0.4 is 0 Å². The van der Waals surface area contributed by atoms with E-state index in [1.807, 2.05) is 0 Å². The van der Waals surface area contributed by atoms with Gasteiger partial charge in [-0.3, -0.25) is 9.98 Å². The van der Waals surface area contributed by atoms with Crippen LogP contribution in [0.25, 0.3) is 0 Å². The molecule has 0 aliphatic carbocycles. The number of aryl methyl sites for hydroxylation is 4. The van der Waals surface area contributed by atoms with Crippen LogP contribution in [0, 0.1) is 27.7 Å². The van der Waals surface area contributed by atoms with Gasteiger partial charge in [0.15, 0.2) is 8.32 Å². The first-order valence-electron chi connectivity index (χ1n) is 11.8. The van der Waals surface area contributed by atoms with Crippen molar-refractivity contribution in [2.75, 3.05) is 19.8 Å². The van der Waals surface area contributed by atoms with Crippen molar-refractivity contribution in [2.45, 2.75) is 67.1 Å². The number of halogens is 2. The minimum absolute atomic E-state index is 0.642. The number of nitrogens with zero attached hydrogens (tertiary/aromatic N) is 2. The first-order valence-corrected chi connectivity index (χ1v) is 20.1. The summed E-state index contributed by atoms with van der Waals surface area (Å²) in [7, 11) is -0.224. The van der Waals surface area contributed by atoms with Crippen LogP contribution in [-0.2, 0) is 20.1 Å². The molecule has 0 unspecified atom stereocenters. The quantitative estimate of drug-likeness (QED) is 0.136. The average Bonchev–Trinajstić information content (AvgIpc) is 2.76. The number of ether oxygens (including phenoxy) is 1. The van der Waals surface area contributed by atoms with Crippen molar-refractivity contribution >= 4 is 59.6 Å². The van der Waals surface area contributed by atoms with Gasteiger partial charge in [-0.1, -0.05) is 36.4 Å². The molecule has 0 bridgehead atoms. The molecule has 0 aliphatic rings. The van der Waals surface area contributed by atoms with E-state index in [4.69, 9.17) is 19.1 Å². The van der Waals surface area contributed by atoms with Gasteiger partial charge in [0.1, 0.15) is 0 Å². The average molecular weight is 671 g/mol. The second kappa shape index (κ2) is 17.0. The summed E-state index contributed by atoms with van der Waals surface area (Å²) >= 11 is 6.00. The van der Waals surface area contributed by atoms with Gasteiger partial charge in [-0.15, -0.1) is 0 Å². The van der Waals surface area contributed by atoms with Crippen molar-refractivity contribution in [3.8, 4) is 0 Å². The molecule has 0 saturated heterocycles. The Morgan fingerprint density at radius 2 is 1.26 bits per heavy atom. The van der Waals surface area contributed by atoms with Crippen LogP contribution in [0.5, 0.6) is 0 Å². The Kier molecular flexibility index (Phi) is 15.7. The topological polar surface area (TPSA) is 43.2 Å². The van der Waals surface area contributed by atoms with Gasteiger partial charge in [0.2, 0.25) is 0 Å². The SMILES string of the molecule is CC(=Nc1c(C)cccc1C)C(CCCOCCO[Si](C)(C)C)=Nc1c(C)cccc1C.[Br][Ni][Br]. The molecule has 0 spiro atoms. The third-order valence-corrected chi connectivity index (χ3v) is 6.36. The predicted molar refractivity (Wildman–Crippen MR) is 159 cm³/mol. The number of para-hydroxylation sites is 2. The molecule has 0 aromatic heterocycles. The van der Waals surface area contributed by atoms with Crippen LogP contribution in [-0.4, -0.2) is 39.6 Å². The molecule has 0 saturated carbocycles. The summed E-state index contributed by atoms with van der Waals surface area (Å²) in [5, 5.41) is 0. The van der Waals surface area contributed by atoms with Crippen molar-refractivity contribution in [3.63, 3.8) is 0 Å². The molecular weight excluding hydrogens is 631 g/mol. The molecule has 0 atom stereocenters. The molecule has 8 heteroatoms. The van der Waals surface area contributed by atoms with Crippen LogP contribution in [0.15, 0.2) is 46.4 Å². The normalized spacial score (nSPS) is 12.5. The summed E-state index contributed by atoms with van der Waals surface area (Å²) in [4.78, 5) is 10.1. The number of rotatable bonds is 11. The van der Waals surface area contributed by atoms with E-state index in [-0.39, 0.29) is 0 Å². The molecular formula is C27H40Br2N2NiO2Si. The van der Waals surface area contributed by atoms with Crippen LogP contribution >= 0.6 is 28.5 Å². The van der Waals surface area contributed by atoms with Crippen molar-refractivity contribution < 1.29 is 20.1 Å². The molecule has 198 valence electrons. The second-order valence-corrected chi connectivity index (χ2v) is 19.0. The Balaban J connectivity index is 0.00000194. The summed E-state index contributed by atoms with van der Waals surface area (Å²) in [5.41, 5.74) is 8.80. The molecule has 0 fully saturated rings. The van der Waals surface area contributed by atoms with E-state index >= 15 is 0 Å². The van der Waals surface area contributed by atoms with E-state index < -0.39 is 8.32 Å². The third kappa shape index (κ3) is 12.9. The molecule has 0 N–H and O–H groups in total. The fourth-order valence-corrected chi connectivity index (χ4v) is 4.20. The maximum absolute atomic E-state index is 5.86. The minimum atomic E-state index is -1.47. The van der Waals surface area contributed by atoms with E-state index in [0.29, 0.717) is 19.8 Å². The summed E-state index contributed by atoms with van der Waals surface area (Å²) in [6, 6.07) is 12.6. The molecule has 0 radical (unpaired) electrons. The zero-order chi connectivity index (χ0) is 26.4. The van der Waals surface area contributed by atoms with Gasteiger partial charge < -0.3 is 9.16 Å². The summed E-state index contributed by atoms with van der Waals surface area (Å²) in [6.07, 6.45) is 1.72. The fourth-order valence-electron chi connectivity index (χ4n) is 3.50. The predicted octanol–water partition coefficient (Wildman–Crippen LogP) is 9.12. The maximum atomic E-state index is 5.86. The summed E-state index contributed by atoms with van der Waals surface area (Å²) in [5.74, 6) is 0. The molecule has 4 nitrogen and oxygen atoms in total. The van der Waals surface area contributed by atoms with Gasteiger partial charge in [0.25, 0.3) is 0 Å². The third-order valence-electron chi connectivity index (χ3n) is 5.29. The van der Waals surface area contributed by atoms with Crippen LogP contribution in [0.3, 0.4) is 0 Å². The first-order chi connectivity index (χ1) is 16.5. The zero-order valence-corrected chi connectivity index (χ0v) is 27.4. The standard InChI is InChI=1S/C27H40N2O2Si.2BrH.Ni/c1-20-12-9-13-21(2)26(20)28-24(5)25(29-27-22(3)14-10-15-23(27)4)16-11-17-30-18-19-31-32(6,7)8;;;/h9-10,12-15H,11,16-19H2,1-8H3;2*1H;/q;;;+2/p-2. The van der Waals surface area contributed by atoms with Crippen LogP contribution in [0.4, 0.5) is 11.4 Å². The molecule has 2 aromatic rings. The van der Waals surface area contributed by atoms with Crippen LogP contribution in [0.2, 0.25) is 19.6 Å². The van der Waals surface area contributed by atoms with Crippen molar-refractivity contribution in [1.29, 1.82) is 0 Å². The van der Waals surface area contributed by atoms with Crippen LogP contribution in [0.1, 0.15) is 42.0 Å². The molecule has 0 aliphatic heterocycles. The monoisotopic (exact) mass is 668 g/mol. The molecule has 35 heavy (non-hydrogen) atoms. The van der Waals surface area contributed by atoms with E-state index in [0.717, 1.165) is 35.6 Å². The zero-order valence-electron chi connectivity index (χ0n) is 22.3. The van der Waals surface area contributed by atoms with Gasteiger partial charge in [-0.2, -0.15) is 0 Å². The number of benzene rings is 2. The Morgan fingerprint density at radius 1 is 0.800 bits per heavy atom. The van der Waals surface area contributed by atoms with Gasteiger partial charge in [0.05, 0.1) is 36.0 Å². The van der Waals surface area contributed by atoms with Crippen molar-refractivity contribution in [2.24, 2.45) is 9.98 Å². The van der Waals surface area contributed by atoms with Gasteiger partial charge in [-0.25, -0.2) is 0 Å². The van der Waals surface area contributed by atoms with E-state index in [1.165, 1.54) is 33.2 Å². The second-order valence-electron chi connectivity index (χ2n) is 9.46. The number of hydrogen-bond acceptors (Lipinski definition) is 4. The van der Waals surface area contributed by atoms with Crippen molar-refractivity contribution in [3.05, 3.63) is 58.7 Å². The summed E-state index contributed by atoms with van der Waals surface area (Å²) < 4.78 is 11.7.